The highest BCUT2D eigenvalue weighted by Gasteiger charge is 2.36. The van der Waals surface area contributed by atoms with Crippen molar-refractivity contribution in [1.82, 2.24) is 15.1 Å². The van der Waals surface area contributed by atoms with Crippen molar-refractivity contribution in [2.24, 2.45) is 0 Å². The van der Waals surface area contributed by atoms with Crippen LogP contribution in [-0.4, -0.2) is 15.7 Å². The van der Waals surface area contributed by atoms with Crippen molar-refractivity contribution in [2.75, 3.05) is 5.73 Å². The van der Waals surface area contributed by atoms with E-state index in [0.717, 1.165) is 24.3 Å². The zero-order valence-electron chi connectivity index (χ0n) is 15.9. The molecule has 0 saturated heterocycles. The lowest BCUT2D eigenvalue weighted by atomic mass is 10.0. The van der Waals surface area contributed by atoms with Crippen LogP contribution < -0.4 is 16.6 Å². The number of carbonyl (C=O) groups excluding carboxylic acids is 1. The molecule has 162 valence electrons. The lowest BCUT2D eigenvalue weighted by Gasteiger charge is -2.18. The second kappa shape index (κ2) is 8.17. The predicted octanol–water partition coefficient (Wildman–Crippen LogP) is 3.60. The van der Waals surface area contributed by atoms with Crippen molar-refractivity contribution in [3.05, 3.63) is 87.3 Å². The largest absolute Gasteiger partial charge is 0.419 e. The number of nitrogens with zero attached hydrogens (tertiary/aromatic N) is 2. The second-order valence-corrected chi connectivity index (χ2v) is 6.58. The summed E-state index contributed by atoms with van der Waals surface area (Å²) >= 11 is 0. The quantitative estimate of drug-likeness (QED) is 0.481. The zero-order valence-corrected chi connectivity index (χ0v) is 15.9. The SMILES string of the molecule is CC(NC(=O)c1ccc(=O)n(-c2ccccc2F)n1)c1cc(N)cc(C(F)(F)F)c1F. The van der Waals surface area contributed by atoms with E-state index in [1.807, 2.05) is 0 Å². The Kier molecular flexibility index (Phi) is 5.78. The van der Waals surface area contributed by atoms with Crippen LogP contribution in [0.5, 0.6) is 0 Å². The van der Waals surface area contributed by atoms with Crippen LogP contribution in [0.3, 0.4) is 0 Å². The van der Waals surface area contributed by atoms with Gasteiger partial charge in [-0.15, -0.1) is 0 Å². The van der Waals surface area contributed by atoms with Gasteiger partial charge in [0.25, 0.3) is 11.5 Å². The Morgan fingerprint density at radius 2 is 1.81 bits per heavy atom. The van der Waals surface area contributed by atoms with E-state index in [1.54, 1.807) is 0 Å². The van der Waals surface area contributed by atoms with Crippen LogP contribution in [0.1, 0.15) is 34.6 Å². The number of hydrogen-bond donors (Lipinski definition) is 2. The number of nitrogen functional groups attached to an aromatic ring is 1. The average Bonchev–Trinajstić information content (AvgIpc) is 2.69. The Morgan fingerprint density at radius 1 is 1.13 bits per heavy atom. The normalized spacial score (nSPS) is 12.5. The van der Waals surface area contributed by atoms with Gasteiger partial charge in [-0.25, -0.2) is 8.78 Å². The summed E-state index contributed by atoms with van der Waals surface area (Å²) in [6, 6.07) is 7.46. The first-order valence-electron chi connectivity index (χ1n) is 8.81. The van der Waals surface area contributed by atoms with Gasteiger partial charge in [0.05, 0.1) is 11.6 Å². The molecule has 31 heavy (non-hydrogen) atoms. The van der Waals surface area contributed by atoms with E-state index in [9.17, 15) is 31.5 Å². The van der Waals surface area contributed by atoms with Gasteiger partial charge in [0, 0.05) is 17.3 Å². The summed E-state index contributed by atoms with van der Waals surface area (Å²) in [6.07, 6.45) is -4.98. The van der Waals surface area contributed by atoms with E-state index in [0.29, 0.717) is 10.7 Å². The summed E-state index contributed by atoms with van der Waals surface area (Å²) in [5, 5.41) is 6.10. The summed E-state index contributed by atoms with van der Waals surface area (Å²) in [5.74, 6) is -3.25. The third-order valence-corrected chi connectivity index (χ3v) is 4.36. The summed E-state index contributed by atoms with van der Waals surface area (Å²) in [7, 11) is 0. The first kappa shape index (κ1) is 21.9. The van der Waals surface area contributed by atoms with Crippen molar-refractivity contribution in [1.29, 1.82) is 0 Å². The molecule has 6 nitrogen and oxygen atoms in total. The van der Waals surface area contributed by atoms with Crippen molar-refractivity contribution >= 4 is 11.6 Å². The number of rotatable bonds is 4. The number of halogens is 5. The number of anilines is 1. The van der Waals surface area contributed by atoms with Gasteiger partial charge in [-0.2, -0.15) is 23.0 Å². The smallest absolute Gasteiger partial charge is 0.399 e. The van der Waals surface area contributed by atoms with E-state index in [-0.39, 0.29) is 17.1 Å². The average molecular weight is 438 g/mol. The third-order valence-electron chi connectivity index (χ3n) is 4.36. The highest BCUT2D eigenvalue weighted by molar-refractivity contribution is 5.92. The van der Waals surface area contributed by atoms with Crippen molar-refractivity contribution < 1.29 is 26.7 Å². The summed E-state index contributed by atoms with van der Waals surface area (Å²) in [6.45, 7) is 1.25. The lowest BCUT2D eigenvalue weighted by molar-refractivity contribution is -0.140. The standard InChI is InChI=1S/C20H15F5N4O2/c1-10(12-8-11(26)9-13(18(12)22)20(23,24)25)27-19(31)15-6-7-17(30)29(28-15)16-5-3-2-4-14(16)21/h2-10H,26H2,1H3,(H,27,31). The van der Waals surface area contributed by atoms with Crippen LogP contribution in [-0.2, 0) is 6.18 Å². The maximum atomic E-state index is 14.4. The number of para-hydroxylation sites is 1. The van der Waals surface area contributed by atoms with Gasteiger partial charge < -0.3 is 11.1 Å². The molecule has 1 unspecified atom stereocenters. The topological polar surface area (TPSA) is 90.0 Å². The molecule has 0 radical (unpaired) electrons. The molecule has 1 aromatic heterocycles. The molecular formula is C20H15F5N4O2. The fraction of sp³-hybridized carbons (Fsp3) is 0.150. The molecule has 0 fully saturated rings. The number of alkyl halides is 3. The van der Waals surface area contributed by atoms with Crippen LogP contribution in [0.4, 0.5) is 27.6 Å². The number of aromatic nitrogens is 2. The fourth-order valence-electron chi connectivity index (χ4n) is 2.87. The van der Waals surface area contributed by atoms with E-state index < -0.39 is 46.4 Å². The summed E-state index contributed by atoms with van der Waals surface area (Å²) in [5.41, 5.74) is 1.82. The number of nitrogens with two attached hydrogens (primary N) is 1. The van der Waals surface area contributed by atoms with Crippen molar-refractivity contribution in [2.45, 2.75) is 19.1 Å². The maximum Gasteiger partial charge on any atom is 0.419 e. The number of benzene rings is 2. The highest BCUT2D eigenvalue weighted by Crippen LogP contribution is 2.35. The van der Waals surface area contributed by atoms with Crippen LogP contribution in [0.25, 0.3) is 5.69 Å². The molecule has 0 aliphatic heterocycles. The number of carbonyl (C=O) groups is 1. The van der Waals surface area contributed by atoms with Gasteiger partial charge in [0.1, 0.15) is 23.0 Å². The van der Waals surface area contributed by atoms with Gasteiger partial charge in [0.15, 0.2) is 0 Å². The minimum absolute atomic E-state index is 0.202. The molecule has 1 amide bonds. The van der Waals surface area contributed by atoms with E-state index in [1.165, 1.54) is 25.1 Å². The van der Waals surface area contributed by atoms with Crippen LogP contribution in [0.15, 0.2) is 53.3 Å². The number of hydrogen-bond acceptors (Lipinski definition) is 4. The van der Waals surface area contributed by atoms with Crippen molar-refractivity contribution in [3.63, 3.8) is 0 Å². The maximum absolute atomic E-state index is 14.4. The Labute approximate surface area is 172 Å². The van der Waals surface area contributed by atoms with Gasteiger partial charge in [-0.1, -0.05) is 12.1 Å². The molecule has 1 atom stereocenters. The second-order valence-electron chi connectivity index (χ2n) is 6.58. The Hall–Kier alpha value is -3.76. The molecule has 0 saturated carbocycles. The third kappa shape index (κ3) is 4.55. The zero-order chi connectivity index (χ0) is 22.9. The molecule has 0 bridgehead atoms. The molecule has 0 spiro atoms. The Balaban J connectivity index is 1.93. The molecular weight excluding hydrogens is 423 g/mol. The molecule has 11 heteroatoms. The first-order chi connectivity index (χ1) is 14.5. The molecule has 2 aromatic carbocycles. The minimum Gasteiger partial charge on any atom is -0.399 e. The Morgan fingerprint density at radius 3 is 2.45 bits per heavy atom. The monoisotopic (exact) mass is 438 g/mol. The molecule has 3 aromatic rings. The van der Waals surface area contributed by atoms with E-state index >= 15 is 0 Å². The highest BCUT2D eigenvalue weighted by atomic mass is 19.4. The van der Waals surface area contributed by atoms with E-state index in [2.05, 4.69) is 10.4 Å². The Bertz CT molecular complexity index is 1210. The molecule has 1 heterocycles. The number of nitrogens with one attached hydrogen (secondary N) is 1. The summed E-state index contributed by atoms with van der Waals surface area (Å²) < 4.78 is 68.1. The van der Waals surface area contributed by atoms with Crippen molar-refractivity contribution in [3.8, 4) is 5.69 Å². The van der Waals surface area contributed by atoms with E-state index in [4.69, 9.17) is 5.73 Å². The van der Waals surface area contributed by atoms with Gasteiger partial charge in [-0.3, -0.25) is 9.59 Å². The predicted molar refractivity (Wildman–Crippen MR) is 101 cm³/mol. The van der Waals surface area contributed by atoms with Gasteiger partial charge in [-0.05, 0) is 37.3 Å². The van der Waals surface area contributed by atoms with Gasteiger partial charge in [0.2, 0.25) is 0 Å². The van der Waals surface area contributed by atoms with Crippen LogP contribution >= 0.6 is 0 Å². The molecule has 0 aliphatic rings. The minimum atomic E-state index is -4.98. The molecule has 3 N–H and O–H groups in total. The first-order valence-corrected chi connectivity index (χ1v) is 8.81. The van der Waals surface area contributed by atoms with Gasteiger partial charge >= 0.3 is 6.18 Å². The fourth-order valence-corrected chi connectivity index (χ4v) is 2.87. The number of amides is 1. The molecule has 0 aliphatic carbocycles. The van der Waals surface area contributed by atoms with Crippen LogP contribution in [0.2, 0.25) is 0 Å². The summed E-state index contributed by atoms with van der Waals surface area (Å²) in [4.78, 5) is 24.6. The molecule has 3 rings (SSSR count). The lowest BCUT2D eigenvalue weighted by Crippen LogP contribution is -2.31. The van der Waals surface area contributed by atoms with Crippen LogP contribution in [0, 0.1) is 11.6 Å².